The summed E-state index contributed by atoms with van der Waals surface area (Å²) in [7, 11) is 0. The number of aromatic nitrogens is 2. The first-order chi connectivity index (χ1) is 8.70. The Morgan fingerprint density at radius 2 is 2.22 bits per heavy atom. The molecule has 0 aliphatic carbocycles. The predicted octanol–water partition coefficient (Wildman–Crippen LogP) is 3.39. The molecule has 1 heterocycles. The van der Waals surface area contributed by atoms with Crippen LogP contribution in [0.25, 0.3) is 11.5 Å². The predicted molar refractivity (Wildman–Crippen MR) is 72.6 cm³/mol. The molecule has 0 saturated heterocycles. The average Bonchev–Trinajstić information content (AvgIpc) is 2.78. The monoisotopic (exact) mass is 264 g/mol. The van der Waals surface area contributed by atoms with Crippen LogP contribution in [0.15, 0.2) is 22.7 Å². The van der Waals surface area contributed by atoms with Gasteiger partial charge in [0.2, 0.25) is 0 Å². The van der Waals surface area contributed by atoms with Gasteiger partial charge in [0, 0.05) is 5.56 Å². The molecular weight excluding hydrogens is 248 g/mol. The van der Waals surface area contributed by atoms with E-state index in [0.29, 0.717) is 5.89 Å². The third-order valence-corrected chi connectivity index (χ3v) is 3.65. The summed E-state index contributed by atoms with van der Waals surface area (Å²) in [6.45, 7) is 4.05. The van der Waals surface area contributed by atoms with Crippen LogP contribution in [0.1, 0.15) is 24.7 Å². The van der Waals surface area contributed by atoms with Crippen molar-refractivity contribution in [3.63, 3.8) is 0 Å². The zero-order valence-corrected chi connectivity index (χ0v) is 11.3. The summed E-state index contributed by atoms with van der Waals surface area (Å²) < 4.78 is 5.25. The number of hydrogen-bond acceptors (Lipinski definition) is 5. The van der Waals surface area contributed by atoms with Crippen LogP contribution >= 0.6 is 11.8 Å². The van der Waals surface area contributed by atoms with Gasteiger partial charge in [-0.15, -0.1) is 0 Å². The van der Waals surface area contributed by atoms with E-state index in [1.807, 2.05) is 6.92 Å². The Bertz CT molecular complexity index is 525. The molecule has 4 nitrogen and oxygen atoms in total. The van der Waals surface area contributed by atoms with E-state index >= 15 is 0 Å². The van der Waals surface area contributed by atoms with Gasteiger partial charge in [0.1, 0.15) is 5.75 Å². The molecule has 0 aliphatic rings. The average molecular weight is 264 g/mol. The van der Waals surface area contributed by atoms with Gasteiger partial charge in [-0.05, 0) is 42.9 Å². The molecule has 1 N–H and O–H groups in total. The molecular formula is C13H16N2O2S. The summed E-state index contributed by atoms with van der Waals surface area (Å²) in [4.78, 5) is 4.36. The van der Waals surface area contributed by atoms with Crippen LogP contribution in [0, 0.1) is 6.92 Å². The van der Waals surface area contributed by atoms with Gasteiger partial charge in [-0.25, -0.2) is 0 Å². The largest absolute Gasteiger partial charge is 0.508 e. The van der Waals surface area contributed by atoms with Gasteiger partial charge in [-0.1, -0.05) is 12.1 Å². The minimum Gasteiger partial charge on any atom is -0.508 e. The minimum atomic E-state index is 0.245. The fourth-order valence-electron chi connectivity index (χ4n) is 1.62. The Morgan fingerprint density at radius 1 is 1.39 bits per heavy atom. The van der Waals surface area contributed by atoms with Crippen LogP contribution in [-0.2, 0) is 5.75 Å². The molecule has 0 fully saturated rings. The molecule has 18 heavy (non-hydrogen) atoms. The van der Waals surface area contributed by atoms with Crippen molar-refractivity contribution in [2.24, 2.45) is 0 Å². The Balaban J connectivity index is 2.13. The zero-order valence-electron chi connectivity index (χ0n) is 10.5. The number of phenolic OH excluding ortho intramolecular Hbond substituents is 1. The van der Waals surface area contributed by atoms with Crippen LogP contribution in [0.2, 0.25) is 0 Å². The third-order valence-electron chi connectivity index (χ3n) is 2.49. The van der Waals surface area contributed by atoms with Crippen molar-refractivity contribution in [3.05, 3.63) is 29.6 Å². The molecule has 0 spiro atoms. The van der Waals surface area contributed by atoms with E-state index in [4.69, 9.17) is 4.52 Å². The molecule has 1 aromatic heterocycles. The van der Waals surface area contributed by atoms with Crippen molar-refractivity contribution in [2.75, 3.05) is 5.75 Å². The van der Waals surface area contributed by atoms with Crippen LogP contribution in [0.4, 0.5) is 0 Å². The fraction of sp³-hybridized carbons (Fsp3) is 0.385. The first kappa shape index (κ1) is 13.0. The first-order valence-electron chi connectivity index (χ1n) is 5.91. The van der Waals surface area contributed by atoms with Crippen molar-refractivity contribution in [3.8, 4) is 17.2 Å². The molecule has 0 atom stereocenters. The Labute approximate surface area is 110 Å². The van der Waals surface area contributed by atoms with Crippen molar-refractivity contribution in [1.29, 1.82) is 0 Å². The zero-order chi connectivity index (χ0) is 13.0. The van der Waals surface area contributed by atoms with Crippen LogP contribution in [0.3, 0.4) is 0 Å². The maximum Gasteiger partial charge on any atom is 0.258 e. The SMILES string of the molecule is CCCSCc1noc(-c2ccc(O)cc2C)n1. The van der Waals surface area contributed by atoms with Crippen LogP contribution in [-0.4, -0.2) is 21.0 Å². The smallest absolute Gasteiger partial charge is 0.258 e. The molecule has 0 saturated carbocycles. The second-order valence-corrected chi connectivity index (χ2v) is 5.17. The van der Waals surface area contributed by atoms with Gasteiger partial charge in [-0.2, -0.15) is 16.7 Å². The van der Waals surface area contributed by atoms with E-state index in [1.54, 1.807) is 30.0 Å². The Kier molecular flexibility index (Phi) is 4.25. The highest BCUT2D eigenvalue weighted by atomic mass is 32.2. The second-order valence-electron chi connectivity index (χ2n) is 4.07. The number of benzene rings is 1. The van der Waals surface area contributed by atoms with Gasteiger partial charge in [-0.3, -0.25) is 0 Å². The third kappa shape index (κ3) is 3.04. The molecule has 0 radical (unpaired) electrons. The van der Waals surface area contributed by atoms with Crippen LogP contribution in [0.5, 0.6) is 5.75 Å². The van der Waals surface area contributed by atoms with Gasteiger partial charge in [0.25, 0.3) is 5.89 Å². The van der Waals surface area contributed by atoms with Gasteiger partial charge in [0.05, 0.1) is 5.75 Å². The van der Waals surface area contributed by atoms with Gasteiger partial charge in [0.15, 0.2) is 5.82 Å². The lowest BCUT2D eigenvalue weighted by atomic mass is 10.1. The topological polar surface area (TPSA) is 59.2 Å². The normalized spacial score (nSPS) is 10.8. The lowest BCUT2D eigenvalue weighted by molar-refractivity contribution is 0.424. The van der Waals surface area contributed by atoms with Crippen molar-refractivity contribution >= 4 is 11.8 Å². The Hall–Kier alpha value is -1.49. The summed E-state index contributed by atoms with van der Waals surface area (Å²) in [6.07, 6.45) is 1.15. The summed E-state index contributed by atoms with van der Waals surface area (Å²) in [5, 5.41) is 13.3. The quantitative estimate of drug-likeness (QED) is 0.839. The highest BCUT2D eigenvalue weighted by Gasteiger charge is 2.11. The minimum absolute atomic E-state index is 0.245. The molecule has 0 amide bonds. The number of aromatic hydroxyl groups is 1. The molecule has 0 unspecified atom stereocenters. The van der Waals surface area contributed by atoms with E-state index < -0.39 is 0 Å². The maximum atomic E-state index is 9.36. The van der Waals surface area contributed by atoms with E-state index in [-0.39, 0.29) is 5.75 Å². The van der Waals surface area contributed by atoms with Crippen molar-refractivity contribution in [2.45, 2.75) is 26.0 Å². The summed E-state index contributed by atoms with van der Waals surface area (Å²) in [5.74, 6) is 3.35. The molecule has 1 aromatic carbocycles. The van der Waals surface area contributed by atoms with Crippen LogP contribution < -0.4 is 0 Å². The molecule has 0 bridgehead atoms. The van der Waals surface area contributed by atoms with E-state index in [9.17, 15) is 5.11 Å². The molecule has 2 rings (SSSR count). The van der Waals surface area contributed by atoms with E-state index in [2.05, 4.69) is 17.1 Å². The van der Waals surface area contributed by atoms with E-state index in [0.717, 1.165) is 34.9 Å². The fourth-order valence-corrected chi connectivity index (χ4v) is 2.35. The first-order valence-corrected chi connectivity index (χ1v) is 7.06. The lowest BCUT2D eigenvalue weighted by Crippen LogP contribution is -1.86. The molecule has 0 aliphatic heterocycles. The second kappa shape index (κ2) is 5.91. The van der Waals surface area contributed by atoms with E-state index in [1.165, 1.54) is 0 Å². The summed E-state index contributed by atoms with van der Waals surface area (Å²) in [5.41, 5.74) is 1.79. The number of phenols is 1. The van der Waals surface area contributed by atoms with Gasteiger partial charge >= 0.3 is 0 Å². The number of hydrogen-bond donors (Lipinski definition) is 1. The number of rotatable bonds is 5. The van der Waals surface area contributed by atoms with Crippen molar-refractivity contribution < 1.29 is 9.63 Å². The highest BCUT2D eigenvalue weighted by Crippen LogP contribution is 2.25. The highest BCUT2D eigenvalue weighted by molar-refractivity contribution is 7.98. The summed E-state index contributed by atoms with van der Waals surface area (Å²) in [6, 6.07) is 5.10. The summed E-state index contributed by atoms with van der Waals surface area (Å²) >= 11 is 1.80. The van der Waals surface area contributed by atoms with Crippen molar-refractivity contribution in [1.82, 2.24) is 10.1 Å². The van der Waals surface area contributed by atoms with Gasteiger partial charge < -0.3 is 9.63 Å². The Morgan fingerprint density at radius 3 is 2.94 bits per heavy atom. The lowest BCUT2D eigenvalue weighted by Gasteiger charge is -2.00. The standard InChI is InChI=1S/C13H16N2O2S/c1-3-6-18-8-12-14-13(17-15-12)11-5-4-10(16)7-9(11)2/h4-5,7,16H,3,6,8H2,1-2H3. The number of nitrogens with zero attached hydrogens (tertiary/aromatic N) is 2. The number of aryl methyl sites for hydroxylation is 1. The molecule has 2 aromatic rings. The number of thioether (sulfide) groups is 1. The maximum absolute atomic E-state index is 9.36. The molecule has 5 heteroatoms. The molecule has 96 valence electrons.